The van der Waals surface area contributed by atoms with E-state index in [4.69, 9.17) is 0 Å². The van der Waals surface area contributed by atoms with Gasteiger partial charge in [0.25, 0.3) is 0 Å². The van der Waals surface area contributed by atoms with Crippen LogP contribution in [0.2, 0.25) is 0 Å². The lowest BCUT2D eigenvalue weighted by Crippen LogP contribution is -2.22. The third-order valence-corrected chi connectivity index (χ3v) is 5.79. The summed E-state index contributed by atoms with van der Waals surface area (Å²) in [5.41, 5.74) is 7.34. The first kappa shape index (κ1) is 17.8. The molecule has 1 aliphatic carbocycles. The lowest BCUT2D eigenvalue weighted by atomic mass is 9.87. The highest BCUT2D eigenvalue weighted by atomic mass is 16.1. The molecule has 0 amide bonds. The lowest BCUT2D eigenvalue weighted by molar-refractivity contribution is 0.104. The molecule has 0 spiro atoms. The molecule has 1 aliphatic heterocycles. The van der Waals surface area contributed by atoms with E-state index in [-0.39, 0.29) is 5.78 Å². The van der Waals surface area contributed by atoms with Crippen LogP contribution >= 0.6 is 0 Å². The van der Waals surface area contributed by atoms with Crippen molar-refractivity contribution in [1.82, 2.24) is 4.90 Å². The molecule has 0 bridgehead atoms. The van der Waals surface area contributed by atoms with Crippen molar-refractivity contribution in [2.24, 2.45) is 0 Å². The zero-order valence-electron chi connectivity index (χ0n) is 16.1. The van der Waals surface area contributed by atoms with Crippen LogP contribution in [0.5, 0.6) is 0 Å². The van der Waals surface area contributed by atoms with E-state index in [1.807, 2.05) is 24.3 Å². The van der Waals surface area contributed by atoms with E-state index in [1.165, 1.54) is 40.8 Å². The number of likely N-dealkylation sites (tertiary alicyclic amines) is 1. The Morgan fingerprint density at radius 3 is 2.48 bits per heavy atom. The van der Waals surface area contributed by atoms with Gasteiger partial charge in [-0.3, -0.25) is 4.79 Å². The molecule has 0 radical (unpaired) electrons. The number of hydrogen-bond donors (Lipinski definition) is 0. The second-order valence-corrected chi connectivity index (χ2v) is 7.46. The minimum absolute atomic E-state index is 0.0778. The van der Waals surface area contributed by atoms with Crippen LogP contribution in [0.1, 0.15) is 53.2 Å². The molecular formula is C25H27NO. The monoisotopic (exact) mass is 357 g/mol. The molecule has 1 heterocycles. The number of hydrogen-bond acceptors (Lipinski definition) is 2. The average Bonchev–Trinajstić information content (AvgIpc) is 3.26. The molecule has 27 heavy (non-hydrogen) atoms. The Kier molecular flexibility index (Phi) is 5.24. The van der Waals surface area contributed by atoms with E-state index >= 15 is 0 Å². The topological polar surface area (TPSA) is 20.3 Å². The smallest absolute Gasteiger partial charge is 0.185 e. The Bertz CT molecular complexity index is 883. The van der Waals surface area contributed by atoms with Gasteiger partial charge in [0.05, 0.1) is 0 Å². The number of carbonyl (C=O) groups is 1. The fraction of sp³-hybridized carbons (Fsp3) is 0.320. The zero-order valence-corrected chi connectivity index (χ0v) is 16.1. The summed E-state index contributed by atoms with van der Waals surface area (Å²) in [6.45, 7) is 4.41. The minimum Gasteiger partial charge on any atom is -0.374 e. The van der Waals surface area contributed by atoms with Crippen molar-refractivity contribution in [3.05, 3.63) is 88.6 Å². The van der Waals surface area contributed by atoms with Crippen molar-refractivity contribution < 1.29 is 4.79 Å². The molecule has 0 aromatic heterocycles. The quantitative estimate of drug-likeness (QED) is 0.524. The van der Waals surface area contributed by atoms with E-state index in [1.54, 1.807) is 6.08 Å². The summed E-state index contributed by atoms with van der Waals surface area (Å²) in [5.74, 6) is 0.0778. The molecule has 2 heteroatoms. The zero-order chi connectivity index (χ0) is 18.6. The third kappa shape index (κ3) is 3.75. The first-order valence-corrected chi connectivity index (χ1v) is 10.1. The predicted octanol–water partition coefficient (Wildman–Crippen LogP) is 5.44. The second kappa shape index (κ2) is 7.96. The van der Waals surface area contributed by atoms with Crippen LogP contribution in [-0.4, -0.2) is 23.8 Å². The highest BCUT2D eigenvalue weighted by Gasteiger charge is 2.23. The maximum absolute atomic E-state index is 12.7. The fourth-order valence-corrected chi connectivity index (χ4v) is 4.21. The number of carbonyl (C=O) groups excluding carboxylic acids is 1. The van der Waals surface area contributed by atoms with Gasteiger partial charge in [-0.25, -0.2) is 0 Å². The van der Waals surface area contributed by atoms with Crippen molar-refractivity contribution in [2.45, 2.75) is 39.0 Å². The first-order valence-electron chi connectivity index (χ1n) is 10.1. The Labute approximate surface area is 162 Å². The molecule has 2 aromatic rings. The van der Waals surface area contributed by atoms with Gasteiger partial charge in [-0.15, -0.1) is 0 Å². The van der Waals surface area contributed by atoms with E-state index in [2.05, 4.69) is 42.2 Å². The Morgan fingerprint density at radius 1 is 1.00 bits per heavy atom. The van der Waals surface area contributed by atoms with Crippen molar-refractivity contribution >= 4 is 11.4 Å². The van der Waals surface area contributed by atoms with Crippen molar-refractivity contribution in [2.75, 3.05) is 13.1 Å². The van der Waals surface area contributed by atoms with Gasteiger partial charge in [0.2, 0.25) is 0 Å². The standard InChI is InChI=1S/C25H27NO/c1-2-19-9-11-21(12-10-19)25(27)16-14-23-22-8-4-3-7-20(22)13-15-24(23)26-17-5-6-18-26/h3-4,7-12,14,16H,2,5-6,13,15,17-18H2,1H3. The highest BCUT2D eigenvalue weighted by molar-refractivity contribution is 6.06. The number of fused-ring (bicyclic) bond motifs is 1. The van der Waals surface area contributed by atoms with Crippen LogP contribution in [0.15, 0.2) is 66.4 Å². The van der Waals surface area contributed by atoms with Crippen LogP contribution in [-0.2, 0) is 12.8 Å². The fourth-order valence-electron chi connectivity index (χ4n) is 4.21. The Balaban J connectivity index is 1.66. The number of aryl methyl sites for hydroxylation is 2. The number of benzene rings is 2. The van der Waals surface area contributed by atoms with Gasteiger partial charge >= 0.3 is 0 Å². The summed E-state index contributed by atoms with van der Waals surface area (Å²) in [4.78, 5) is 15.2. The summed E-state index contributed by atoms with van der Waals surface area (Å²) in [5, 5.41) is 0. The average molecular weight is 357 g/mol. The molecule has 138 valence electrons. The first-order chi connectivity index (χ1) is 13.3. The highest BCUT2D eigenvalue weighted by Crippen LogP contribution is 2.35. The van der Waals surface area contributed by atoms with Crippen LogP contribution < -0.4 is 0 Å². The number of rotatable bonds is 5. The maximum atomic E-state index is 12.7. The summed E-state index contributed by atoms with van der Waals surface area (Å²) < 4.78 is 0. The number of allylic oxidation sites excluding steroid dienone is 4. The summed E-state index contributed by atoms with van der Waals surface area (Å²) in [7, 11) is 0. The molecule has 0 unspecified atom stereocenters. The van der Waals surface area contributed by atoms with Crippen LogP contribution in [0.25, 0.3) is 5.57 Å². The van der Waals surface area contributed by atoms with Crippen LogP contribution in [0, 0.1) is 0 Å². The normalized spacial score (nSPS) is 16.9. The molecular weight excluding hydrogens is 330 g/mol. The molecule has 0 N–H and O–H groups in total. The molecule has 1 saturated heterocycles. The summed E-state index contributed by atoms with van der Waals surface area (Å²) >= 11 is 0. The van der Waals surface area contributed by atoms with E-state index < -0.39 is 0 Å². The molecule has 4 rings (SSSR count). The summed E-state index contributed by atoms with van der Waals surface area (Å²) in [6.07, 6.45) is 9.50. The van der Waals surface area contributed by atoms with Crippen molar-refractivity contribution in [3.8, 4) is 0 Å². The van der Waals surface area contributed by atoms with E-state index in [0.717, 1.165) is 37.9 Å². The SMILES string of the molecule is CCc1ccc(C(=O)C=CC2=C(N3CCCC3)CCc3ccccc32)cc1. The van der Waals surface area contributed by atoms with Crippen LogP contribution in [0.4, 0.5) is 0 Å². The number of nitrogens with zero attached hydrogens (tertiary/aromatic N) is 1. The minimum atomic E-state index is 0.0778. The van der Waals surface area contributed by atoms with Gasteiger partial charge in [-0.2, -0.15) is 0 Å². The second-order valence-electron chi connectivity index (χ2n) is 7.46. The molecule has 2 aliphatic rings. The van der Waals surface area contributed by atoms with E-state index in [0.29, 0.717) is 0 Å². The lowest BCUT2D eigenvalue weighted by Gasteiger charge is -2.29. The summed E-state index contributed by atoms with van der Waals surface area (Å²) in [6, 6.07) is 16.6. The largest absolute Gasteiger partial charge is 0.374 e. The van der Waals surface area contributed by atoms with Gasteiger partial charge in [-0.1, -0.05) is 55.5 Å². The molecule has 2 nitrogen and oxygen atoms in total. The van der Waals surface area contributed by atoms with Gasteiger partial charge in [0.15, 0.2) is 5.78 Å². The Hall–Kier alpha value is -2.61. The van der Waals surface area contributed by atoms with Crippen molar-refractivity contribution in [3.63, 3.8) is 0 Å². The van der Waals surface area contributed by atoms with Gasteiger partial charge in [0, 0.05) is 29.9 Å². The van der Waals surface area contributed by atoms with Gasteiger partial charge in [-0.05, 0) is 60.9 Å². The maximum Gasteiger partial charge on any atom is 0.185 e. The predicted molar refractivity (Wildman–Crippen MR) is 112 cm³/mol. The number of ketones is 1. The van der Waals surface area contributed by atoms with Gasteiger partial charge in [0.1, 0.15) is 0 Å². The molecule has 1 fully saturated rings. The van der Waals surface area contributed by atoms with Crippen molar-refractivity contribution in [1.29, 1.82) is 0 Å². The van der Waals surface area contributed by atoms with Gasteiger partial charge < -0.3 is 4.90 Å². The Morgan fingerprint density at radius 2 is 1.74 bits per heavy atom. The van der Waals surface area contributed by atoms with Crippen LogP contribution in [0.3, 0.4) is 0 Å². The molecule has 0 saturated carbocycles. The molecule has 2 aromatic carbocycles. The third-order valence-electron chi connectivity index (χ3n) is 5.79. The van der Waals surface area contributed by atoms with E-state index in [9.17, 15) is 4.79 Å². The molecule has 0 atom stereocenters.